The first-order valence-corrected chi connectivity index (χ1v) is 11.0. The Morgan fingerprint density at radius 3 is 2.42 bits per heavy atom. The second kappa shape index (κ2) is 9.36. The van der Waals surface area contributed by atoms with Crippen LogP contribution in [-0.2, 0) is 17.8 Å². The average Bonchev–Trinajstić information content (AvgIpc) is 3.25. The number of fused-ring (bicyclic) bond motifs is 2. The van der Waals surface area contributed by atoms with E-state index in [-0.39, 0.29) is 24.3 Å². The molecule has 0 aliphatic carbocycles. The molecule has 1 aromatic heterocycles. The number of amides is 2. The number of aromatic nitrogens is 1. The summed E-state index contributed by atoms with van der Waals surface area (Å²) in [5, 5.41) is 5.98. The average molecular weight is 450 g/mol. The van der Waals surface area contributed by atoms with E-state index in [1.54, 1.807) is 12.1 Å². The molecule has 1 aliphatic heterocycles. The number of rotatable bonds is 7. The predicted molar refractivity (Wildman–Crippen MR) is 125 cm³/mol. The summed E-state index contributed by atoms with van der Waals surface area (Å²) in [6.07, 6.45) is 1.83. The zero-order valence-corrected chi connectivity index (χ0v) is 18.9. The molecule has 2 aromatic carbocycles. The van der Waals surface area contributed by atoms with E-state index >= 15 is 0 Å². The van der Waals surface area contributed by atoms with Crippen LogP contribution in [-0.4, -0.2) is 35.3 Å². The predicted octanol–water partition coefficient (Wildman–Crippen LogP) is 2.62. The van der Waals surface area contributed by atoms with Crippen molar-refractivity contribution in [3.63, 3.8) is 0 Å². The van der Waals surface area contributed by atoms with E-state index in [1.807, 2.05) is 55.7 Å². The van der Waals surface area contributed by atoms with E-state index in [4.69, 9.17) is 9.47 Å². The molecule has 1 aliphatic rings. The fourth-order valence-corrected chi connectivity index (χ4v) is 3.88. The van der Waals surface area contributed by atoms with Crippen molar-refractivity contribution in [2.24, 2.45) is 0 Å². The smallest absolute Gasteiger partial charge is 0.257 e. The Morgan fingerprint density at radius 2 is 1.76 bits per heavy atom. The molecule has 4 rings (SSSR count). The quantitative estimate of drug-likeness (QED) is 0.578. The van der Waals surface area contributed by atoms with Crippen LogP contribution in [0.25, 0.3) is 10.9 Å². The standard InChI is InChI=1S/C25H27N3O5/c1-4-28-13-18(23(29)17-11-21-22(12-20(17)28)33-14-32-21)24(30)27-19(25(31)26-15(2)3)10-16-8-6-5-7-9-16/h5-9,11-13,15,19H,4,10,14H2,1-3H3,(H,26,31)(H,27,30)/t19-/m1/s1. The van der Waals surface area contributed by atoms with Crippen LogP contribution in [0.15, 0.2) is 53.5 Å². The number of carbonyl (C=O) groups is 2. The number of aryl methyl sites for hydroxylation is 1. The lowest BCUT2D eigenvalue weighted by Gasteiger charge is -2.20. The molecule has 172 valence electrons. The summed E-state index contributed by atoms with van der Waals surface area (Å²) < 4.78 is 12.7. The lowest BCUT2D eigenvalue weighted by molar-refractivity contribution is -0.123. The van der Waals surface area contributed by atoms with E-state index in [1.165, 1.54) is 6.20 Å². The molecule has 0 saturated carbocycles. The first-order valence-electron chi connectivity index (χ1n) is 11.0. The summed E-state index contributed by atoms with van der Waals surface area (Å²) >= 11 is 0. The molecule has 2 heterocycles. The van der Waals surface area contributed by atoms with E-state index in [9.17, 15) is 14.4 Å². The molecular weight excluding hydrogens is 422 g/mol. The lowest BCUT2D eigenvalue weighted by Crippen LogP contribution is -2.50. The highest BCUT2D eigenvalue weighted by atomic mass is 16.7. The summed E-state index contributed by atoms with van der Waals surface area (Å²) in [6.45, 7) is 6.26. The van der Waals surface area contributed by atoms with Gasteiger partial charge in [-0.1, -0.05) is 30.3 Å². The Labute approximate surface area is 191 Å². The van der Waals surface area contributed by atoms with Crippen LogP contribution in [0.5, 0.6) is 11.5 Å². The molecule has 1 atom stereocenters. The van der Waals surface area contributed by atoms with Gasteiger partial charge in [0.15, 0.2) is 11.5 Å². The zero-order valence-electron chi connectivity index (χ0n) is 18.9. The van der Waals surface area contributed by atoms with E-state index < -0.39 is 17.4 Å². The van der Waals surface area contributed by atoms with Gasteiger partial charge in [0.1, 0.15) is 11.6 Å². The second-order valence-corrected chi connectivity index (χ2v) is 8.26. The van der Waals surface area contributed by atoms with E-state index in [0.29, 0.717) is 35.4 Å². The van der Waals surface area contributed by atoms with Gasteiger partial charge in [-0.2, -0.15) is 0 Å². The molecular formula is C25H27N3O5. The van der Waals surface area contributed by atoms with Crippen LogP contribution >= 0.6 is 0 Å². The summed E-state index contributed by atoms with van der Waals surface area (Å²) in [5.41, 5.74) is 1.10. The number of carbonyl (C=O) groups excluding carboxylic acids is 2. The van der Waals surface area contributed by atoms with Crippen LogP contribution < -0.4 is 25.5 Å². The Hall–Kier alpha value is -3.81. The molecule has 0 saturated heterocycles. The van der Waals surface area contributed by atoms with Gasteiger partial charge in [-0.3, -0.25) is 14.4 Å². The Morgan fingerprint density at radius 1 is 1.06 bits per heavy atom. The molecule has 2 amide bonds. The minimum Gasteiger partial charge on any atom is -0.454 e. The maximum absolute atomic E-state index is 13.3. The molecule has 2 N–H and O–H groups in total. The number of nitrogens with zero attached hydrogens (tertiary/aromatic N) is 1. The zero-order chi connectivity index (χ0) is 23.5. The number of nitrogens with one attached hydrogen (secondary N) is 2. The maximum Gasteiger partial charge on any atom is 0.257 e. The Kier molecular flexibility index (Phi) is 6.35. The molecule has 0 spiro atoms. The van der Waals surface area contributed by atoms with Crippen molar-refractivity contribution in [1.82, 2.24) is 15.2 Å². The number of pyridine rings is 1. The van der Waals surface area contributed by atoms with E-state index in [0.717, 1.165) is 5.56 Å². The van der Waals surface area contributed by atoms with Crippen molar-refractivity contribution in [3.8, 4) is 11.5 Å². The second-order valence-electron chi connectivity index (χ2n) is 8.26. The van der Waals surface area contributed by atoms with Crippen molar-refractivity contribution in [2.75, 3.05) is 6.79 Å². The molecule has 0 radical (unpaired) electrons. The van der Waals surface area contributed by atoms with Crippen LogP contribution in [0.1, 0.15) is 36.7 Å². The SMILES string of the molecule is CCn1cc(C(=O)N[C@H](Cc2ccccc2)C(=O)NC(C)C)c(=O)c2cc3c(cc21)OCO3. The van der Waals surface area contributed by atoms with Gasteiger partial charge in [0.2, 0.25) is 18.1 Å². The van der Waals surface area contributed by atoms with Crippen molar-refractivity contribution in [3.05, 3.63) is 70.0 Å². The van der Waals surface area contributed by atoms with E-state index in [2.05, 4.69) is 10.6 Å². The molecule has 8 heteroatoms. The monoisotopic (exact) mass is 449 g/mol. The first-order chi connectivity index (χ1) is 15.9. The lowest BCUT2D eigenvalue weighted by atomic mass is 10.0. The van der Waals surface area contributed by atoms with Crippen LogP contribution in [0.3, 0.4) is 0 Å². The third kappa shape index (κ3) is 4.69. The highest BCUT2D eigenvalue weighted by Crippen LogP contribution is 2.35. The summed E-state index contributed by atoms with van der Waals surface area (Å²) in [7, 11) is 0. The van der Waals surface area contributed by atoms with Gasteiger partial charge in [0.05, 0.1) is 10.9 Å². The van der Waals surface area contributed by atoms with Gasteiger partial charge in [-0.15, -0.1) is 0 Å². The minimum atomic E-state index is -0.829. The molecule has 0 fully saturated rings. The van der Waals surface area contributed by atoms with Crippen molar-refractivity contribution < 1.29 is 19.1 Å². The molecule has 33 heavy (non-hydrogen) atoms. The van der Waals surface area contributed by atoms with Crippen LogP contribution in [0.4, 0.5) is 0 Å². The number of benzene rings is 2. The van der Waals surface area contributed by atoms with Crippen LogP contribution in [0, 0.1) is 0 Å². The summed E-state index contributed by atoms with van der Waals surface area (Å²) in [6, 6.07) is 11.9. The maximum atomic E-state index is 13.3. The van der Waals surface area contributed by atoms with Gasteiger partial charge in [0.25, 0.3) is 5.91 Å². The highest BCUT2D eigenvalue weighted by molar-refractivity contribution is 6.00. The van der Waals surface area contributed by atoms with Gasteiger partial charge in [-0.25, -0.2) is 0 Å². The molecule has 0 bridgehead atoms. The first kappa shape index (κ1) is 22.4. The van der Waals surface area contributed by atoms with Gasteiger partial charge in [-0.05, 0) is 32.4 Å². The summed E-state index contributed by atoms with van der Waals surface area (Å²) in [4.78, 5) is 39.3. The van der Waals surface area contributed by atoms with Crippen LogP contribution in [0.2, 0.25) is 0 Å². The Balaban J connectivity index is 1.69. The van der Waals surface area contributed by atoms with Crippen molar-refractivity contribution >= 4 is 22.7 Å². The van der Waals surface area contributed by atoms with Gasteiger partial charge in [0, 0.05) is 31.3 Å². The number of hydrogen-bond acceptors (Lipinski definition) is 5. The molecule has 8 nitrogen and oxygen atoms in total. The molecule has 3 aromatic rings. The van der Waals surface area contributed by atoms with Gasteiger partial charge < -0.3 is 24.7 Å². The third-order valence-electron chi connectivity index (χ3n) is 5.50. The number of hydrogen-bond donors (Lipinski definition) is 2. The third-order valence-corrected chi connectivity index (χ3v) is 5.50. The fraction of sp³-hybridized carbons (Fsp3) is 0.320. The topological polar surface area (TPSA) is 98.7 Å². The van der Waals surface area contributed by atoms with Crippen molar-refractivity contribution in [2.45, 2.75) is 45.8 Å². The number of ether oxygens (including phenoxy) is 2. The normalized spacial score (nSPS) is 13.2. The summed E-state index contributed by atoms with van der Waals surface area (Å²) in [5.74, 6) is 0.136. The molecule has 0 unspecified atom stereocenters. The van der Waals surface area contributed by atoms with Crippen molar-refractivity contribution in [1.29, 1.82) is 0 Å². The minimum absolute atomic E-state index is 0.0291. The fourth-order valence-electron chi connectivity index (χ4n) is 3.88. The highest BCUT2D eigenvalue weighted by Gasteiger charge is 2.25. The van der Waals surface area contributed by atoms with Gasteiger partial charge >= 0.3 is 0 Å². The largest absolute Gasteiger partial charge is 0.454 e. The Bertz CT molecular complexity index is 1250.